The Morgan fingerprint density at radius 3 is 2.15 bits per heavy atom. The fourth-order valence-corrected chi connectivity index (χ4v) is 3.83. The summed E-state index contributed by atoms with van der Waals surface area (Å²) < 4.78 is 46.6. The number of aliphatic hydroxyl groups is 1. The van der Waals surface area contributed by atoms with E-state index in [0.717, 1.165) is 17.5 Å². The molecule has 1 aromatic heterocycles. The first-order valence-electron chi connectivity index (χ1n) is 10.6. The van der Waals surface area contributed by atoms with Crippen molar-refractivity contribution in [3.63, 3.8) is 0 Å². The second-order valence-electron chi connectivity index (χ2n) is 8.10. The molecule has 0 aliphatic heterocycles. The van der Waals surface area contributed by atoms with Gasteiger partial charge in [0.25, 0.3) is 0 Å². The smallest absolute Gasteiger partial charge is 0.388 e. The first kappa shape index (κ1) is 30.0. The van der Waals surface area contributed by atoms with Crippen molar-refractivity contribution < 1.29 is 23.0 Å². The Bertz CT molecular complexity index is 999. The van der Waals surface area contributed by atoms with Gasteiger partial charge in [0.05, 0.1) is 11.8 Å². The lowest BCUT2D eigenvalue weighted by Crippen LogP contribution is -2.17. The van der Waals surface area contributed by atoms with Crippen LogP contribution in [0.3, 0.4) is 0 Å². The molecule has 0 unspecified atom stereocenters. The van der Waals surface area contributed by atoms with Crippen LogP contribution in [0, 0.1) is 12.8 Å². The van der Waals surface area contributed by atoms with Crippen molar-refractivity contribution >= 4 is 27.0 Å². The standard InChI is InChI=1S/C26H28F3NO2.2H2S/c1-18-8-11-21(12-9-18)23-14-13-22(25(30-23)26(27,28)29)24(31)15-10-20(17-32-2)16-19-6-4-3-5-7-19;;/h3-9,11-14,20,24,31H,10,15-17H2,1-2H3;2*1H2/t20-,24+;;/m0../s1. The van der Waals surface area contributed by atoms with E-state index >= 15 is 0 Å². The van der Waals surface area contributed by atoms with Gasteiger partial charge in [-0.1, -0.05) is 66.2 Å². The summed E-state index contributed by atoms with van der Waals surface area (Å²) in [6.45, 7) is 2.38. The quantitative estimate of drug-likeness (QED) is 0.351. The summed E-state index contributed by atoms with van der Waals surface area (Å²) in [5.41, 5.74) is 1.75. The van der Waals surface area contributed by atoms with Gasteiger partial charge >= 0.3 is 6.18 Å². The maximum atomic E-state index is 13.8. The number of aromatic nitrogens is 1. The Hall–Kier alpha value is -2.00. The summed E-state index contributed by atoms with van der Waals surface area (Å²) in [4.78, 5) is 3.89. The molecule has 0 saturated carbocycles. The van der Waals surface area contributed by atoms with E-state index in [9.17, 15) is 18.3 Å². The van der Waals surface area contributed by atoms with E-state index in [1.807, 2.05) is 49.4 Å². The second-order valence-corrected chi connectivity index (χ2v) is 8.10. The first-order chi connectivity index (χ1) is 15.3. The van der Waals surface area contributed by atoms with Crippen LogP contribution in [0.1, 0.15) is 41.3 Å². The monoisotopic (exact) mass is 511 g/mol. The number of methoxy groups -OCH3 is 1. The van der Waals surface area contributed by atoms with Crippen LogP contribution < -0.4 is 0 Å². The molecule has 0 fully saturated rings. The zero-order valence-corrected chi connectivity index (χ0v) is 21.3. The fourth-order valence-electron chi connectivity index (χ4n) is 3.83. The van der Waals surface area contributed by atoms with E-state index in [4.69, 9.17) is 4.74 Å². The lowest BCUT2D eigenvalue weighted by Gasteiger charge is -2.21. The molecule has 34 heavy (non-hydrogen) atoms. The third-order valence-corrected chi connectivity index (χ3v) is 5.52. The fraction of sp³-hybridized carbons (Fsp3) is 0.346. The van der Waals surface area contributed by atoms with Crippen LogP contribution in [0.15, 0.2) is 66.7 Å². The second kappa shape index (κ2) is 13.8. The van der Waals surface area contributed by atoms with Crippen LogP contribution in [0.2, 0.25) is 0 Å². The lowest BCUT2D eigenvalue weighted by atomic mass is 9.92. The zero-order chi connectivity index (χ0) is 23.1. The van der Waals surface area contributed by atoms with Crippen LogP contribution in [0.5, 0.6) is 0 Å². The van der Waals surface area contributed by atoms with E-state index in [-0.39, 0.29) is 50.6 Å². The van der Waals surface area contributed by atoms with Crippen LogP contribution in [-0.2, 0) is 17.3 Å². The Balaban J connectivity index is 0.00000289. The Morgan fingerprint density at radius 1 is 0.912 bits per heavy atom. The van der Waals surface area contributed by atoms with Crippen LogP contribution in [0.25, 0.3) is 11.3 Å². The summed E-state index contributed by atoms with van der Waals surface area (Å²) in [5.74, 6) is 0.0891. The molecule has 3 rings (SSSR count). The van der Waals surface area contributed by atoms with Gasteiger partial charge < -0.3 is 9.84 Å². The molecule has 8 heteroatoms. The van der Waals surface area contributed by atoms with Gasteiger partial charge in [0, 0.05) is 24.8 Å². The van der Waals surface area contributed by atoms with E-state index in [1.54, 1.807) is 19.2 Å². The highest BCUT2D eigenvalue weighted by Gasteiger charge is 2.37. The number of benzene rings is 2. The molecule has 0 spiro atoms. The minimum absolute atomic E-state index is 0. The van der Waals surface area contributed by atoms with Crippen molar-refractivity contribution in [3.05, 3.63) is 89.1 Å². The maximum absolute atomic E-state index is 13.8. The van der Waals surface area contributed by atoms with Gasteiger partial charge in [0.2, 0.25) is 0 Å². The van der Waals surface area contributed by atoms with Crippen molar-refractivity contribution in [2.45, 2.75) is 38.5 Å². The molecule has 3 nitrogen and oxygen atoms in total. The topological polar surface area (TPSA) is 42.4 Å². The molecule has 0 aliphatic carbocycles. The minimum atomic E-state index is -4.66. The largest absolute Gasteiger partial charge is 0.433 e. The highest BCUT2D eigenvalue weighted by Crippen LogP contribution is 2.36. The average Bonchev–Trinajstić information content (AvgIpc) is 2.77. The maximum Gasteiger partial charge on any atom is 0.433 e. The van der Waals surface area contributed by atoms with Crippen LogP contribution >= 0.6 is 27.0 Å². The van der Waals surface area contributed by atoms with E-state index in [2.05, 4.69) is 4.98 Å². The van der Waals surface area contributed by atoms with Gasteiger partial charge in [-0.3, -0.25) is 0 Å². The summed E-state index contributed by atoms with van der Waals surface area (Å²) in [6, 6.07) is 19.9. The van der Waals surface area contributed by atoms with Gasteiger partial charge in [-0.25, -0.2) is 4.98 Å². The third-order valence-electron chi connectivity index (χ3n) is 5.52. The predicted octanol–water partition coefficient (Wildman–Crippen LogP) is 6.62. The number of alkyl halides is 3. The summed E-state index contributed by atoms with van der Waals surface area (Å²) in [6.07, 6.45) is -4.47. The third kappa shape index (κ3) is 8.34. The van der Waals surface area contributed by atoms with Gasteiger partial charge in [-0.2, -0.15) is 40.2 Å². The minimum Gasteiger partial charge on any atom is -0.388 e. The number of ether oxygens (including phenoxy) is 1. The number of halogens is 3. The number of pyridine rings is 1. The van der Waals surface area contributed by atoms with E-state index in [1.165, 1.54) is 12.1 Å². The zero-order valence-electron chi connectivity index (χ0n) is 19.3. The molecule has 186 valence electrons. The Labute approximate surface area is 213 Å². The van der Waals surface area contributed by atoms with Gasteiger partial charge in [-0.15, -0.1) is 0 Å². The number of aliphatic hydroxyl groups excluding tert-OH is 1. The van der Waals surface area contributed by atoms with Crippen molar-refractivity contribution in [1.82, 2.24) is 4.98 Å². The molecular weight excluding hydrogens is 479 g/mol. The van der Waals surface area contributed by atoms with Crippen molar-refractivity contribution in [2.24, 2.45) is 5.92 Å². The van der Waals surface area contributed by atoms with Crippen LogP contribution in [-0.4, -0.2) is 23.8 Å². The van der Waals surface area contributed by atoms with E-state index < -0.39 is 18.0 Å². The molecule has 0 aliphatic rings. The molecule has 0 amide bonds. The molecule has 0 saturated heterocycles. The number of rotatable bonds is 9. The average molecular weight is 512 g/mol. The molecule has 2 atom stereocenters. The Morgan fingerprint density at radius 2 is 1.56 bits per heavy atom. The molecule has 1 heterocycles. The number of aryl methyl sites for hydroxylation is 1. The summed E-state index contributed by atoms with van der Waals surface area (Å²) >= 11 is 0. The molecular formula is C26H32F3NO2S2. The molecule has 0 bridgehead atoms. The van der Waals surface area contributed by atoms with Gasteiger partial charge in [-0.05, 0) is 43.7 Å². The number of hydrogen-bond acceptors (Lipinski definition) is 3. The molecule has 0 radical (unpaired) electrons. The lowest BCUT2D eigenvalue weighted by molar-refractivity contribution is -0.142. The Kier molecular flexibility index (Phi) is 12.2. The normalized spacial score (nSPS) is 12.9. The number of nitrogens with zero attached hydrogens (tertiary/aromatic N) is 1. The van der Waals surface area contributed by atoms with Crippen LogP contribution in [0.4, 0.5) is 13.2 Å². The SMILES string of the molecule is COC[C@@H](CC[C@@H](O)c1ccc(-c2ccc(C)cc2)nc1C(F)(F)F)Cc1ccccc1.S.S. The molecule has 2 aromatic carbocycles. The molecule has 3 aromatic rings. The number of hydrogen-bond donors (Lipinski definition) is 1. The van der Waals surface area contributed by atoms with Crippen molar-refractivity contribution in [3.8, 4) is 11.3 Å². The van der Waals surface area contributed by atoms with Crippen molar-refractivity contribution in [1.29, 1.82) is 0 Å². The highest BCUT2D eigenvalue weighted by molar-refractivity contribution is 7.59. The summed E-state index contributed by atoms with van der Waals surface area (Å²) in [5, 5.41) is 10.7. The van der Waals surface area contributed by atoms with Crippen molar-refractivity contribution in [2.75, 3.05) is 13.7 Å². The summed E-state index contributed by atoms with van der Waals surface area (Å²) in [7, 11) is 1.60. The van der Waals surface area contributed by atoms with E-state index in [0.29, 0.717) is 18.6 Å². The highest BCUT2D eigenvalue weighted by atomic mass is 32.1. The molecule has 1 N–H and O–H groups in total. The first-order valence-corrected chi connectivity index (χ1v) is 10.6. The van der Waals surface area contributed by atoms with Gasteiger partial charge in [0.15, 0.2) is 5.69 Å². The van der Waals surface area contributed by atoms with Gasteiger partial charge in [0.1, 0.15) is 0 Å². The predicted molar refractivity (Wildman–Crippen MR) is 140 cm³/mol.